The number of nitrogens with zero attached hydrogens (tertiary/aromatic N) is 2. The first-order chi connectivity index (χ1) is 12.6. The minimum absolute atomic E-state index is 0. The Labute approximate surface area is 162 Å². The maximum Gasteiger partial charge on any atom is 0.251 e. The maximum atomic E-state index is 13.6. The fourth-order valence-corrected chi connectivity index (χ4v) is 4.48. The van der Waals surface area contributed by atoms with Crippen LogP contribution in [0.3, 0.4) is 0 Å². The van der Waals surface area contributed by atoms with E-state index in [0.29, 0.717) is 17.4 Å². The van der Waals surface area contributed by atoms with Crippen molar-refractivity contribution in [2.24, 2.45) is 5.92 Å². The molecule has 140 valence electrons. The van der Waals surface area contributed by atoms with E-state index in [1.54, 1.807) is 12.1 Å². The summed E-state index contributed by atoms with van der Waals surface area (Å²) in [5.74, 6) is 0.606. The summed E-state index contributed by atoms with van der Waals surface area (Å²) in [6.45, 7) is 4.68. The van der Waals surface area contributed by atoms with E-state index in [-0.39, 0.29) is 23.8 Å². The minimum Gasteiger partial charge on any atom is -0.316 e. The third kappa shape index (κ3) is 3.05. The normalized spacial score (nSPS) is 20.8. The van der Waals surface area contributed by atoms with E-state index in [1.807, 2.05) is 17.6 Å². The highest BCUT2D eigenvalue weighted by Crippen LogP contribution is 2.34. The Kier molecular flexibility index (Phi) is 4.52. The van der Waals surface area contributed by atoms with Crippen molar-refractivity contribution in [2.75, 3.05) is 13.1 Å². The van der Waals surface area contributed by atoms with Gasteiger partial charge in [0.15, 0.2) is 0 Å². The molecule has 6 heteroatoms. The summed E-state index contributed by atoms with van der Waals surface area (Å²) in [5.41, 5.74) is 4.33. The van der Waals surface area contributed by atoms with E-state index in [0.717, 1.165) is 54.0 Å². The summed E-state index contributed by atoms with van der Waals surface area (Å²) < 4.78 is 15.6. The van der Waals surface area contributed by atoms with Crippen LogP contribution in [0.2, 0.25) is 0 Å². The number of piperidine rings is 1. The second-order valence-corrected chi connectivity index (χ2v) is 7.56. The van der Waals surface area contributed by atoms with Crippen LogP contribution in [0.15, 0.2) is 41.2 Å². The molecule has 27 heavy (non-hydrogen) atoms. The monoisotopic (exact) mass is 385 g/mol. The summed E-state index contributed by atoms with van der Waals surface area (Å²) in [4.78, 5) is 17.4. The van der Waals surface area contributed by atoms with E-state index in [4.69, 9.17) is 0 Å². The lowest BCUT2D eigenvalue weighted by molar-refractivity contribution is 0.257. The molecule has 2 atom stereocenters. The Morgan fingerprint density at radius 2 is 2.04 bits per heavy atom. The maximum absolute atomic E-state index is 13.6. The van der Waals surface area contributed by atoms with Gasteiger partial charge in [0.05, 0.1) is 11.2 Å². The van der Waals surface area contributed by atoms with Gasteiger partial charge < -0.3 is 9.88 Å². The van der Waals surface area contributed by atoms with Crippen molar-refractivity contribution in [2.45, 2.75) is 25.8 Å². The third-order valence-electron chi connectivity index (χ3n) is 5.74. The van der Waals surface area contributed by atoms with Crippen LogP contribution in [0.25, 0.3) is 22.2 Å². The summed E-state index contributed by atoms with van der Waals surface area (Å²) in [7, 11) is 0. The second kappa shape index (κ2) is 6.73. The lowest BCUT2D eigenvalue weighted by atomic mass is 9.83. The molecule has 1 N–H and O–H groups in total. The van der Waals surface area contributed by atoms with Gasteiger partial charge in [0, 0.05) is 47.8 Å². The number of hydrogen-bond acceptors (Lipinski definition) is 3. The van der Waals surface area contributed by atoms with Gasteiger partial charge in [-0.2, -0.15) is 0 Å². The van der Waals surface area contributed by atoms with Crippen LogP contribution in [0.4, 0.5) is 4.39 Å². The van der Waals surface area contributed by atoms with Crippen LogP contribution in [0, 0.1) is 18.7 Å². The van der Waals surface area contributed by atoms with E-state index < -0.39 is 0 Å². The highest BCUT2D eigenvalue weighted by atomic mass is 35.5. The largest absolute Gasteiger partial charge is 0.316 e. The average molecular weight is 386 g/mol. The Morgan fingerprint density at radius 1 is 1.19 bits per heavy atom. The van der Waals surface area contributed by atoms with Crippen LogP contribution >= 0.6 is 12.4 Å². The van der Waals surface area contributed by atoms with Crippen molar-refractivity contribution in [1.29, 1.82) is 0 Å². The first kappa shape index (κ1) is 18.1. The highest BCUT2D eigenvalue weighted by Gasteiger charge is 2.31. The lowest BCUT2D eigenvalue weighted by Gasteiger charge is -2.37. The first-order valence-electron chi connectivity index (χ1n) is 9.11. The summed E-state index contributed by atoms with van der Waals surface area (Å²) in [6, 6.07) is 10.4. The van der Waals surface area contributed by atoms with E-state index in [9.17, 15) is 9.18 Å². The molecular formula is C21H21ClFN3O. The number of aryl methyl sites for hydroxylation is 1. The molecule has 2 aromatic heterocycles. The minimum atomic E-state index is -0.300. The van der Waals surface area contributed by atoms with Gasteiger partial charge in [-0.05, 0) is 55.6 Å². The number of aromatic nitrogens is 2. The highest BCUT2D eigenvalue weighted by molar-refractivity contribution is 5.85. The van der Waals surface area contributed by atoms with Gasteiger partial charge in [0.25, 0.3) is 5.56 Å². The molecule has 0 radical (unpaired) electrons. The fourth-order valence-electron chi connectivity index (χ4n) is 4.48. The molecule has 2 aliphatic heterocycles. The van der Waals surface area contributed by atoms with E-state index in [2.05, 4.69) is 16.4 Å². The van der Waals surface area contributed by atoms with Crippen LogP contribution in [-0.4, -0.2) is 22.6 Å². The number of fused-ring (bicyclic) bond motifs is 5. The molecule has 0 amide bonds. The zero-order valence-electron chi connectivity index (χ0n) is 15.0. The van der Waals surface area contributed by atoms with Gasteiger partial charge in [-0.1, -0.05) is 0 Å². The first-order valence-corrected chi connectivity index (χ1v) is 9.11. The summed E-state index contributed by atoms with van der Waals surface area (Å²) in [5, 5.41) is 4.41. The van der Waals surface area contributed by atoms with Gasteiger partial charge in [0.2, 0.25) is 0 Å². The number of rotatable bonds is 1. The molecule has 0 aliphatic carbocycles. The number of benzene rings is 1. The van der Waals surface area contributed by atoms with Crippen molar-refractivity contribution in [3.05, 3.63) is 63.8 Å². The second-order valence-electron chi connectivity index (χ2n) is 7.56. The van der Waals surface area contributed by atoms with Gasteiger partial charge >= 0.3 is 0 Å². The molecule has 2 bridgehead atoms. The molecule has 0 unspecified atom stereocenters. The number of hydrogen-bond donors (Lipinski definition) is 1. The van der Waals surface area contributed by atoms with Crippen molar-refractivity contribution < 1.29 is 4.39 Å². The average Bonchev–Trinajstić information content (AvgIpc) is 2.62. The van der Waals surface area contributed by atoms with Crippen molar-refractivity contribution in [1.82, 2.24) is 14.9 Å². The number of nitrogens with one attached hydrogen (secondary N) is 1. The molecule has 1 saturated heterocycles. The molecule has 4 heterocycles. The van der Waals surface area contributed by atoms with E-state index in [1.165, 1.54) is 12.1 Å². The standard InChI is InChI=1S/C21H20FN3O.ClH/c1-12-4-18(24-19-8-16(22)2-3-17(12)19)14-6-20-15-5-13(9-23-10-15)11-25(20)21(26)7-14;/h2-4,6-8,13,15,23H,5,9-11H2,1H3;1H/t13-,15+;/m0./s1. The predicted octanol–water partition coefficient (Wildman–Crippen LogP) is 3.64. The SMILES string of the molecule is Cc1cc(-c2cc3n(c(=O)c2)C[C@@H]2CNC[C@H]3C2)nc2cc(F)ccc12.Cl. The number of halogens is 2. The quantitative estimate of drug-likeness (QED) is 0.695. The van der Waals surface area contributed by atoms with Gasteiger partial charge in [-0.25, -0.2) is 9.37 Å². The molecule has 1 aromatic carbocycles. The Balaban J connectivity index is 0.00000180. The smallest absolute Gasteiger partial charge is 0.251 e. The van der Waals surface area contributed by atoms with Crippen LogP contribution in [0.5, 0.6) is 0 Å². The van der Waals surface area contributed by atoms with Crippen molar-refractivity contribution >= 4 is 23.3 Å². The topological polar surface area (TPSA) is 46.9 Å². The van der Waals surface area contributed by atoms with Gasteiger partial charge in [-0.3, -0.25) is 4.79 Å². The third-order valence-corrected chi connectivity index (χ3v) is 5.74. The van der Waals surface area contributed by atoms with Gasteiger partial charge in [-0.15, -0.1) is 12.4 Å². The molecule has 4 nitrogen and oxygen atoms in total. The Bertz CT molecular complexity index is 1090. The molecule has 3 aromatic rings. The Morgan fingerprint density at radius 3 is 2.89 bits per heavy atom. The van der Waals surface area contributed by atoms with Crippen LogP contribution in [-0.2, 0) is 6.54 Å². The molecule has 1 fully saturated rings. The molecule has 0 spiro atoms. The molecule has 5 rings (SSSR count). The van der Waals surface area contributed by atoms with Crippen LogP contribution < -0.4 is 10.9 Å². The zero-order valence-corrected chi connectivity index (χ0v) is 15.9. The number of pyridine rings is 2. The molecule has 0 saturated carbocycles. The lowest BCUT2D eigenvalue weighted by Crippen LogP contribution is -2.44. The van der Waals surface area contributed by atoms with E-state index >= 15 is 0 Å². The summed E-state index contributed by atoms with van der Waals surface area (Å²) >= 11 is 0. The summed E-state index contributed by atoms with van der Waals surface area (Å²) in [6.07, 6.45) is 1.13. The fraction of sp³-hybridized carbons (Fsp3) is 0.333. The van der Waals surface area contributed by atoms with Crippen LogP contribution in [0.1, 0.15) is 23.6 Å². The molecule has 2 aliphatic rings. The predicted molar refractivity (Wildman–Crippen MR) is 107 cm³/mol. The zero-order chi connectivity index (χ0) is 17.8. The van der Waals surface area contributed by atoms with Gasteiger partial charge in [0.1, 0.15) is 5.82 Å². The van der Waals surface area contributed by atoms with Crippen molar-refractivity contribution in [3.63, 3.8) is 0 Å². The molecular weight excluding hydrogens is 365 g/mol. The Hall–Kier alpha value is -2.24. The van der Waals surface area contributed by atoms with Crippen molar-refractivity contribution in [3.8, 4) is 11.3 Å².